The summed E-state index contributed by atoms with van der Waals surface area (Å²) in [4.78, 5) is 0. The molecule has 0 saturated heterocycles. The van der Waals surface area contributed by atoms with Crippen LogP contribution in [0.25, 0.3) is 0 Å². The minimum Gasteiger partial charge on any atom is -0.400 e. The predicted molar refractivity (Wildman–Crippen MR) is 77.9 cm³/mol. The van der Waals surface area contributed by atoms with Gasteiger partial charge in [0.2, 0.25) is 0 Å². The number of hydrogen-bond acceptors (Lipinski definition) is 2. The maximum Gasteiger partial charge on any atom is 0.0452 e. The van der Waals surface area contributed by atoms with Gasteiger partial charge in [-0.15, -0.1) is 0 Å². The van der Waals surface area contributed by atoms with Crippen molar-refractivity contribution in [3.63, 3.8) is 0 Å². The van der Waals surface area contributed by atoms with Crippen molar-refractivity contribution in [3.05, 3.63) is 33.8 Å². The molecule has 0 spiro atoms. The van der Waals surface area contributed by atoms with Crippen molar-refractivity contribution in [1.29, 1.82) is 0 Å². The third-order valence-electron chi connectivity index (χ3n) is 2.03. The van der Waals surface area contributed by atoms with E-state index in [0.29, 0.717) is 5.92 Å². The zero-order chi connectivity index (χ0) is 13.8. The Hall–Kier alpha value is -0.280. The summed E-state index contributed by atoms with van der Waals surface area (Å²) in [5.41, 5.74) is 5.58. The van der Waals surface area contributed by atoms with E-state index in [-0.39, 0.29) is 0 Å². The molecule has 0 atom stereocenters. The lowest BCUT2D eigenvalue weighted by molar-refractivity contribution is 0.399. The number of rotatable bonds is 3. The predicted octanol–water partition coefficient (Wildman–Crippen LogP) is 3.77. The van der Waals surface area contributed by atoms with Gasteiger partial charge < -0.3 is 10.8 Å². The summed E-state index contributed by atoms with van der Waals surface area (Å²) in [5, 5.41) is 8.57. The first-order valence-electron chi connectivity index (χ1n) is 5.56. The minimum absolute atomic E-state index is 0.687. The van der Waals surface area contributed by atoms with E-state index in [2.05, 4.69) is 19.6 Å². The van der Waals surface area contributed by atoms with Crippen molar-refractivity contribution >= 4 is 23.2 Å². The normalized spacial score (nSPS) is 9.00. The Morgan fingerprint density at radius 1 is 1.12 bits per heavy atom. The summed E-state index contributed by atoms with van der Waals surface area (Å²) < 4.78 is 0. The summed E-state index contributed by atoms with van der Waals surface area (Å²) in [6, 6.07) is 5.66. The highest BCUT2D eigenvalue weighted by molar-refractivity contribution is 6.35. The number of benzene rings is 1. The molecule has 0 amide bonds. The van der Waals surface area contributed by atoms with E-state index in [1.807, 2.05) is 18.2 Å². The second-order valence-electron chi connectivity index (χ2n) is 3.63. The largest absolute Gasteiger partial charge is 0.400 e. The van der Waals surface area contributed by atoms with Gasteiger partial charge in [0.05, 0.1) is 0 Å². The Morgan fingerprint density at radius 3 is 1.88 bits per heavy atom. The molecular weight excluding hydrogens is 257 g/mol. The van der Waals surface area contributed by atoms with Crippen LogP contribution in [0.5, 0.6) is 0 Å². The molecule has 3 N–H and O–H groups in total. The zero-order valence-corrected chi connectivity index (χ0v) is 12.5. The summed E-state index contributed by atoms with van der Waals surface area (Å²) >= 11 is 12.1. The molecule has 0 aliphatic heterocycles. The third-order valence-corrected chi connectivity index (χ3v) is 2.74. The molecule has 0 aliphatic rings. The summed E-state index contributed by atoms with van der Waals surface area (Å²) in [6.45, 7) is 4.40. The molecule has 0 aromatic heterocycles. The molecule has 0 heterocycles. The molecule has 0 fully saturated rings. The summed E-state index contributed by atoms with van der Waals surface area (Å²) in [5.74, 6) is 0.687. The van der Waals surface area contributed by atoms with Crippen LogP contribution in [0.3, 0.4) is 0 Å². The van der Waals surface area contributed by atoms with Gasteiger partial charge in [-0.1, -0.05) is 43.1 Å². The van der Waals surface area contributed by atoms with Gasteiger partial charge in [-0.25, -0.2) is 0 Å². The Labute approximate surface area is 115 Å². The van der Waals surface area contributed by atoms with E-state index in [1.54, 1.807) is 0 Å². The molecule has 0 unspecified atom stereocenters. The second kappa shape index (κ2) is 12.2. The van der Waals surface area contributed by atoms with Gasteiger partial charge in [-0.05, 0) is 43.5 Å². The maximum atomic E-state index is 7.00. The molecule has 2 nitrogen and oxygen atoms in total. The van der Waals surface area contributed by atoms with Crippen molar-refractivity contribution in [2.45, 2.75) is 26.7 Å². The second-order valence-corrected chi connectivity index (χ2v) is 4.45. The first kappa shape index (κ1) is 19.1. The van der Waals surface area contributed by atoms with Gasteiger partial charge in [0.25, 0.3) is 0 Å². The molecule has 0 saturated carbocycles. The monoisotopic (exact) mass is 279 g/mol. The number of aliphatic hydroxyl groups is 1. The highest BCUT2D eigenvalue weighted by atomic mass is 35.5. The average molecular weight is 280 g/mol. The van der Waals surface area contributed by atoms with Crippen LogP contribution < -0.4 is 5.73 Å². The minimum atomic E-state index is 0.687. The molecule has 1 rings (SSSR count). The molecule has 100 valence electrons. The highest BCUT2D eigenvalue weighted by Gasteiger charge is 2.05. The fraction of sp³-hybridized carbons (Fsp3) is 0.538. The van der Waals surface area contributed by atoms with Gasteiger partial charge in [0.15, 0.2) is 0 Å². The van der Waals surface area contributed by atoms with Crippen LogP contribution in [0.15, 0.2) is 18.2 Å². The van der Waals surface area contributed by atoms with Crippen LogP contribution in [-0.4, -0.2) is 19.3 Å². The lowest BCUT2D eigenvalue weighted by Gasteiger charge is -2.08. The van der Waals surface area contributed by atoms with Crippen LogP contribution in [0.1, 0.15) is 25.8 Å². The van der Waals surface area contributed by atoms with Gasteiger partial charge >= 0.3 is 0 Å². The van der Waals surface area contributed by atoms with Crippen molar-refractivity contribution in [1.82, 2.24) is 0 Å². The summed E-state index contributed by atoms with van der Waals surface area (Å²) in [6.07, 6.45) is 2.10. The standard InChI is InChI=1S/C11H14Cl2.CH5N.CH4O/c1-8(2)6-7-9-10(12)4-3-5-11(9)13;2*1-2/h3-5,8H,6-7H2,1-2H3;2H2,1H3;2H,1H3. The molecular formula is C13H23Cl2NO. The van der Waals surface area contributed by atoms with E-state index >= 15 is 0 Å². The van der Waals surface area contributed by atoms with Crippen molar-refractivity contribution < 1.29 is 5.11 Å². The first-order chi connectivity index (χ1) is 8.11. The Bertz CT molecular complexity index is 270. The van der Waals surface area contributed by atoms with E-state index in [0.717, 1.165) is 35.6 Å². The van der Waals surface area contributed by atoms with Gasteiger partial charge in [0.1, 0.15) is 0 Å². The number of halogens is 2. The van der Waals surface area contributed by atoms with E-state index < -0.39 is 0 Å². The van der Waals surface area contributed by atoms with Gasteiger partial charge in [-0.3, -0.25) is 0 Å². The number of aliphatic hydroxyl groups excluding tert-OH is 1. The molecule has 1 aromatic rings. The Morgan fingerprint density at radius 2 is 1.53 bits per heavy atom. The first-order valence-corrected chi connectivity index (χ1v) is 6.32. The van der Waals surface area contributed by atoms with Crippen LogP contribution in [0, 0.1) is 5.92 Å². The van der Waals surface area contributed by atoms with Crippen molar-refractivity contribution in [2.24, 2.45) is 11.7 Å². The third kappa shape index (κ3) is 8.44. The summed E-state index contributed by atoms with van der Waals surface area (Å²) in [7, 11) is 2.50. The lowest BCUT2D eigenvalue weighted by atomic mass is 10.0. The quantitative estimate of drug-likeness (QED) is 0.885. The average Bonchev–Trinajstić information content (AvgIpc) is 2.33. The highest BCUT2D eigenvalue weighted by Crippen LogP contribution is 2.26. The topological polar surface area (TPSA) is 46.2 Å². The van der Waals surface area contributed by atoms with Gasteiger partial charge in [-0.2, -0.15) is 0 Å². The molecule has 17 heavy (non-hydrogen) atoms. The number of nitrogens with two attached hydrogens (primary N) is 1. The SMILES string of the molecule is CC(C)CCc1c(Cl)cccc1Cl.CN.CO. The van der Waals surface area contributed by atoms with Crippen LogP contribution in [0.4, 0.5) is 0 Å². The van der Waals surface area contributed by atoms with E-state index in [4.69, 9.17) is 28.3 Å². The van der Waals surface area contributed by atoms with Crippen LogP contribution in [0.2, 0.25) is 10.0 Å². The molecule has 0 bridgehead atoms. The molecule has 0 radical (unpaired) electrons. The Kier molecular flexibility index (Phi) is 13.7. The fourth-order valence-electron chi connectivity index (χ4n) is 1.20. The maximum absolute atomic E-state index is 7.00. The van der Waals surface area contributed by atoms with Gasteiger partial charge in [0, 0.05) is 17.2 Å². The molecule has 0 aliphatic carbocycles. The fourth-order valence-corrected chi connectivity index (χ4v) is 1.79. The van der Waals surface area contributed by atoms with Crippen LogP contribution >= 0.6 is 23.2 Å². The van der Waals surface area contributed by atoms with E-state index in [1.165, 1.54) is 7.05 Å². The zero-order valence-electron chi connectivity index (χ0n) is 11.0. The smallest absolute Gasteiger partial charge is 0.0452 e. The van der Waals surface area contributed by atoms with Crippen molar-refractivity contribution in [2.75, 3.05) is 14.2 Å². The number of hydrogen-bond donors (Lipinski definition) is 2. The van der Waals surface area contributed by atoms with E-state index in [9.17, 15) is 0 Å². The molecule has 4 heteroatoms. The lowest BCUT2D eigenvalue weighted by Crippen LogP contribution is -1.93. The Balaban J connectivity index is 0. The van der Waals surface area contributed by atoms with Crippen LogP contribution in [-0.2, 0) is 6.42 Å². The molecule has 1 aromatic carbocycles. The van der Waals surface area contributed by atoms with Crippen molar-refractivity contribution in [3.8, 4) is 0 Å².